The minimum Gasteiger partial charge on any atom is -0.490 e. The van der Waals surface area contributed by atoms with Crippen LogP contribution in [0.2, 0.25) is 0 Å². The average molecular weight is 408 g/mol. The molecule has 3 rings (SSSR count). The molecule has 0 N–H and O–H groups in total. The maximum absolute atomic E-state index is 14.0. The molecular weight excluding hydrogens is 395 g/mol. The summed E-state index contributed by atoms with van der Waals surface area (Å²) in [6.45, 7) is 5.21. The summed E-state index contributed by atoms with van der Waals surface area (Å²) in [5, 5.41) is 3.84. The fourth-order valence-electron chi connectivity index (χ4n) is 2.60. The Morgan fingerprint density at radius 2 is 1.55 bits per heavy atom. The van der Waals surface area contributed by atoms with Crippen LogP contribution in [0.25, 0.3) is 6.08 Å². The van der Waals surface area contributed by atoms with Gasteiger partial charge in [-0.1, -0.05) is 24.8 Å². The van der Waals surface area contributed by atoms with E-state index in [9.17, 15) is 26.7 Å². The maximum Gasteiger partial charge on any atom is 0.280 e. The molecule has 0 aromatic heterocycles. The van der Waals surface area contributed by atoms with Gasteiger partial charge in [0.25, 0.3) is 5.91 Å². The molecule has 150 valence electrons. The smallest absolute Gasteiger partial charge is 0.280 e. The maximum atomic E-state index is 14.0. The molecule has 4 nitrogen and oxygen atoms in total. The summed E-state index contributed by atoms with van der Waals surface area (Å²) >= 11 is 0. The van der Waals surface area contributed by atoms with Gasteiger partial charge in [0.2, 0.25) is 5.82 Å². The lowest BCUT2D eigenvalue weighted by Crippen LogP contribution is -2.25. The summed E-state index contributed by atoms with van der Waals surface area (Å²) in [5.74, 6) is -11.4. The predicted octanol–water partition coefficient (Wildman–Crippen LogP) is 4.75. The molecule has 1 heterocycles. The number of hydrogen-bond donors (Lipinski definition) is 0. The van der Waals surface area contributed by atoms with E-state index in [1.807, 2.05) is 0 Å². The molecule has 0 unspecified atom stereocenters. The molecule has 29 heavy (non-hydrogen) atoms. The van der Waals surface area contributed by atoms with Gasteiger partial charge >= 0.3 is 0 Å². The van der Waals surface area contributed by atoms with Crippen LogP contribution in [0.15, 0.2) is 47.6 Å². The molecule has 0 fully saturated rings. The van der Waals surface area contributed by atoms with Gasteiger partial charge < -0.3 is 4.74 Å². The second-order valence-electron chi connectivity index (χ2n) is 5.95. The number of hydrazone groups is 1. The number of ether oxygens (including phenoxy) is 1. The van der Waals surface area contributed by atoms with Gasteiger partial charge in [0.15, 0.2) is 23.3 Å². The highest BCUT2D eigenvalue weighted by molar-refractivity contribution is 6.32. The lowest BCUT2D eigenvalue weighted by atomic mass is 10.1. The van der Waals surface area contributed by atoms with E-state index in [1.165, 1.54) is 13.0 Å². The quantitative estimate of drug-likeness (QED) is 0.236. The first-order chi connectivity index (χ1) is 13.8. The van der Waals surface area contributed by atoms with Crippen LogP contribution in [0.1, 0.15) is 12.5 Å². The lowest BCUT2D eigenvalue weighted by molar-refractivity contribution is -0.114. The van der Waals surface area contributed by atoms with E-state index in [1.54, 1.807) is 30.3 Å². The zero-order chi connectivity index (χ0) is 21.3. The Bertz CT molecular complexity index is 1030. The first-order valence-electron chi connectivity index (χ1n) is 8.23. The number of halogens is 5. The molecule has 0 saturated heterocycles. The molecule has 2 aromatic rings. The standard InChI is InChI=1S/C20H13F5N2O2/c1-3-8-29-12-6-4-11(5-7-12)9-13-10(2)26-27(20(13)28)19-17(24)15(22)14(21)16(23)18(19)25/h3-7,9H,1,8H2,2H3/b13-9+. The molecule has 0 radical (unpaired) electrons. The second kappa shape index (κ2) is 7.86. The van der Waals surface area contributed by atoms with Crippen LogP contribution in [0.3, 0.4) is 0 Å². The van der Waals surface area contributed by atoms with Crippen molar-refractivity contribution in [1.82, 2.24) is 0 Å². The number of anilines is 1. The highest BCUT2D eigenvalue weighted by atomic mass is 19.2. The summed E-state index contributed by atoms with van der Waals surface area (Å²) < 4.78 is 73.6. The van der Waals surface area contributed by atoms with Gasteiger partial charge in [-0.05, 0) is 30.7 Å². The van der Waals surface area contributed by atoms with Crippen molar-refractivity contribution in [2.24, 2.45) is 5.10 Å². The Hall–Kier alpha value is -3.49. The molecule has 0 spiro atoms. The van der Waals surface area contributed by atoms with Crippen LogP contribution in [0.5, 0.6) is 5.75 Å². The number of hydrogen-bond acceptors (Lipinski definition) is 3. The SMILES string of the molecule is C=CCOc1ccc(/C=C2/C(=O)N(c3c(F)c(F)c(F)c(F)c3F)N=C2C)cc1. The zero-order valence-corrected chi connectivity index (χ0v) is 15.0. The second-order valence-corrected chi connectivity index (χ2v) is 5.95. The van der Waals surface area contributed by atoms with Gasteiger partial charge in [0, 0.05) is 0 Å². The van der Waals surface area contributed by atoms with Crippen molar-refractivity contribution in [3.05, 3.63) is 77.1 Å². The van der Waals surface area contributed by atoms with Crippen molar-refractivity contribution < 1.29 is 31.5 Å². The molecule has 9 heteroatoms. The monoisotopic (exact) mass is 408 g/mol. The van der Waals surface area contributed by atoms with Gasteiger partial charge in [-0.15, -0.1) is 0 Å². The summed E-state index contributed by atoms with van der Waals surface area (Å²) in [6, 6.07) is 6.49. The van der Waals surface area contributed by atoms with Crippen LogP contribution >= 0.6 is 0 Å². The Kier molecular flexibility index (Phi) is 5.49. The Balaban J connectivity index is 1.96. The van der Waals surface area contributed by atoms with E-state index in [0.717, 1.165) is 0 Å². The van der Waals surface area contributed by atoms with Crippen LogP contribution < -0.4 is 9.75 Å². The van der Waals surface area contributed by atoms with Gasteiger partial charge in [-0.2, -0.15) is 10.1 Å². The number of amides is 1. The highest BCUT2D eigenvalue weighted by Gasteiger charge is 2.36. The van der Waals surface area contributed by atoms with E-state index in [-0.39, 0.29) is 16.3 Å². The highest BCUT2D eigenvalue weighted by Crippen LogP contribution is 2.34. The molecule has 1 aliphatic rings. The van der Waals surface area contributed by atoms with Gasteiger partial charge in [-0.3, -0.25) is 4.79 Å². The van der Waals surface area contributed by atoms with Crippen molar-refractivity contribution >= 4 is 23.4 Å². The third kappa shape index (κ3) is 3.63. The van der Waals surface area contributed by atoms with Crippen molar-refractivity contribution in [2.75, 3.05) is 11.6 Å². The van der Waals surface area contributed by atoms with Gasteiger partial charge in [0.1, 0.15) is 18.0 Å². The number of carbonyl (C=O) groups excluding carboxylic acids is 1. The molecule has 0 bridgehead atoms. The van der Waals surface area contributed by atoms with Crippen molar-refractivity contribution in [2.45, 2.75) is 6.92 Å². The number of benzene rings is 2. The fraction of sp³-hybridized carbons (Fsp3) is 0.100. The summed E-state index contributed by atoms with van der Waals surface area (Å²) in [6.07, 6.45) is 2.95. The third-order valence-electron chi connectivity index (χ3n) is 4.02. The number of rotatable bonds is 5. The van der Waals surface area contributed by atoms with Gasteiger partial charge in [-0.25, -0.2) is 22.0 Å². The summed E-state index contributed by atoms with van der Waals surface area (Å²) in [7, 11) is 0. The van der Waals surface area contributed by atoms with Crippen LogP contribution in [0.4, 0.5) is 27.6 Å². The Labute approximate surface area is 162 Å². The molecule has 1 aliphatic heterocycles. The van der Waals surface area contributed by atoms with Crippen LogP contribution in [-0.4, -0.2) is 18.2 Å². The van der Waals surface area contributed by atoms with Crippen molar-refractivity contribution in [3.8, 4) is 5.75 Å². The van der Waals surface area contributed by atoms with E-state index in [4.69, 9.17) is 4.74 Å². The number of nitrogens with zero attached hydrogens (tertiary/aromatic N) is 2. The summed E-state index contributed by atoms with van der Waals surface area (Å²) in [5.41, 5.74) is -0.907. The van der Waals surface area contributed by atoms with Gasteiger partial charge in [0.05, 0.1) is 11.3 Å². The van der Waals surface area contributed by atoms with Crippen molar-refractivity contribution in [3.63, 3.8) is 0 Å². The van der Waals surface area contributed by atoms with Crippen LogP contribution in [-0.2, 0) is 4.79 Å². The average Bonchev–Trinajstić information content (AvgIpc) is 2.98. The third-order valence-corrected chi connectivity index (χ3v) is 4.02. The number of carbonyl (C=O) groups is 1. The van der Waals surface area contributed by atoms with Crippen molar-refractivity contribution in [1.29, 1.82) is 0 Å². The Morgan fingerprint density at radius 1 is 1.00 bits per heavy atom. The molecule has 0 saturated carbocycles. The molecular formula is C20H13F5N2O2. The first kappa shape index (κ1) is 20.2. The van der Waals surface area contributed by atoms with E-state index >= 15 is 0 Å². The summed E-state index contributed by atoms with van der Waals surface area (Å²) in [4.78, 5) is 12.6. The minimum atomic E-state index is -2.31. The van der Waals surface area contributed by atoms with E-state index < -0.39 is 40.7 Å². The first-order valence-corrected chi connectivity index (χ1v) is 8.23. The van der Waals surface area contributed by atoms with E-state index in [2.05, 4.69) is 11.7 Å². The molecule has 1 amide bonds. The zero-order valence-electron chi connectivity index (χ0n) is 15.0. The van der Waals surface area contributed by atoms with Crippen LogP contribution in [0, 0.1) is 29.1 Å². The lowest BCUT2D eigenvalue weighted by Gasteiger charge is -2.15. The predicted molar refractivity (Wildman–Crippen MR) is 96.9 cm³/mol. The molecule has 2 aromatic carbocycles. The molecule has 0 aliphatic carbocycles. The topological polar surface area (TPSA) is 41.9 Å². The molecule has 0 atom stereocenters. The fourth-order valence-corrected chi connectivity index (χ4v) is 2.60. The Morgan fingerprint density at radius 3 is 2.10 bits per heavy atom. The van der Waals surface area contributed by atoms with E-state index in [0.29, 0.717) is 17.9 Å². The largest absolute Gasteiger partial charge is 0.490 e. The minimum absolute atomic E-state index is 0.0472. The normalized spacial score (nSPS) is 15.1.